The fourth-order valence-corrected chi connectivity index (χ4v) is 2.02. The van der Waals surface area contributed by atoms with Crippen LogP contribution in [0.1, 0.15) is 30.1 Å². The molecule has 1 atom stereocenters. The zero-order valence-electron chi connectivity index (χ0n) is 10.3. The maximum Gasteiger partial charge on any atom is 0.284 e. The average Bonchev–Trinajstić information content (AvgIpc) is 2.72. The molecule has 1 heterocycles. The number of aliphatic hydroxyl groups excluding tert-OH is 1. The minimum Gasteiger partial charge on any atom is -0.392 e. The third-order valence-electron chi connectivity index (χ3n) is 2.02. The number of carbonyl (C=O) groups is 1. The monoisotopic (exact) mass is 258 g/mol. The largest absolute Gasteiger partial charge is 0.392 e. The van der Waals surface area contributed by atoms with Gasteiger partial charge in [0.25, 0.3) is 5.91 Å². The summed E-state index contributed by atoms with van der Waals surface area (Å²) in [6, 6.07) is 0. The van der Waals surface area contributed by atoms with Crippen LogP contribution in [-0.4, -0.2) is 52.4 Å². The standard InChI is InChI=1S/C10H18N4O2S/c1-4-5-11-10-13-12-8(17-10)9(16)14(3)6-7(2)15/h7,15H,4-6H2,1-3H3,(H,11,13). The van der Waals surface area contributed by atoms with Gasteiger partial charge in [-0.3, -0.25) is 4.79 Å². The first-order chi connectivity index (χ1) is 8.04. The van der Waals surface area contributed by atoms with Crippen LogP contribution in [0.2, 0.25) is 0 Å². The summed E-state index contributed by atoms with van der Waals surface area (Å²) in [7, 11) is 1.63. The molecule has 0 bridgehead atoms. The van der Waals surface area contributed by atoms with Gasteiger partial charge in [-0.2, -0.15) is 0 Å². The van der Waals surface area contributed by atoms with Crippen LogP contribution in [0.3, 0.4) is 0 Å². The van der Waals surface area contributed by atoms with E-state index < -0.39 is 6.10 Å². The molecule has 1 aromatic heterocycles. The molecule has 0 saturated carbocycles. The molecule has 1 aromatic rings. The Balaban J connectivity index is 2.59. The van der Waals surface area contributed by atoms with E-state index in [9.17, 15) is 9.90 Å². The summed E-state index contributed by atoms with van der Waals surface area (Å²) in [4.78, 5) is 13.3. The molecule has 0 aliphatic heterocycles. The SMILES string of the molecule is CCCNc1nnc(C(=O)N(C)CC(C)O)s1. The maximum atomic E-state index is 11.9. The fraction of sp³-hybridized carbons (Fsp3) is 0.700. The summed E-state index contributed by atoms with van der Waals surface area (Å²) in [6.07, 6.45) is 0.444. The normalized spacial score (nSPS) is 12.2. The molecule has 6 nitrogen and oxygen atoms in total. The van der Waals surface area contributed by atoms with Gasteiger partial charge in [-0.1, -0.05) is 18.3 Å². The van der Waals surface area contributed by atoms with Gasteiger partial charge in [0.2, 0.25) is 10.1 Å². The number of nitrogens with zero attached hydrogens (tertiary/aromatic N) is 3. The molecule has 2 N–H and O–H groups in total. The Hall–Kier alpha value is -1.21. The lowest BCUT2D eigenvalue weighted by Gasteiger charge is -2.16. The van der Waals surface area contributed by atoms with E-state index in [0.29, 0.717) is 10.1 Å². The van der Waals surface area contributed by atoms with Gasteiger partial charge in [0.1, 0.15) is 0 Å². The number of hydrogen-bond donors (Lipinski definition) is 2. The van der Waals surface area contributed by atoms with Crippen LogP contribution in [0.4, 0.5) is 5.13 Å². The van der Waals surface area contributed by atoms with Crippen molar-refractivity contribution >= 4 is 22.4 Å². The highest BCUT2D eigenvalue weighted by molar-refractivity contribution is 7.17. The fourth-order valence-electron chi connectivity index (χ4n) is 1.26. The summed E-state index contributed by atoms with van der Waals surface area (Å²) in [5.74, 6) is -0.215. The summed E-state index contributed by atoms with van der Waals surface area (Å²) in [5, 5.41) is 21.0. The molecule has 7 heteroatoms. The molecular formula is C10H18N4O2S. The Bertz CT molecular complexity index is 367. The number of hydrogen-bond acceptors (Lipinski definition) is 6. The second-order valence-corrected chi connectivity index (χ2v) is 4.85. The van der Waals surface area contributed by atoms with Crippen molar-refractivity contribution in [2.45, 2.75) is 26.4 Å². The molecule has 1 unspecified atom stereocenters. The van der Waals surface area contributed by atoms with Gasteiger partial charge in [-0.25, -0.2) is 0 Å². The van der Waals surface area contributed by atoms with Crippen molar-refractivity contribution in [3.05, 3.63) is 5.01 Å². The molecule has 0 aliphatic rings. The van der Waals surface area contributed by atoms with E-state index in [1.165, 1.54) is 16.2 Å². The highest BCUT2D eigenvalue weighted by Crippen LogP contribution is 2.16. The lowest BCUT2D eigenvalue weighted by atomic mass is 10.4. The van der Waals surface area contributed by atoms with Crippen molar-refractivity contribution in [1.82, 2.24) is 15.1 Å². The Kier molecular flexibility index (Phi) is 5.30. The van der Waals surface area contributed by atoms with Gasteiger partial charge in [0.05, 0.1) is 6.10 Å². The first kappa shape index (κ1) is 13.9. The zero-order chi connectivity index (χ0) is 12.8. The molecule has 1 amide bonds. The maximum absolute atomic E-state index is 11.9. The van der Waals surface area contributed by atoms with E-state index in [2.05, 4.69) is 22.4 Å². The second-order valence-electron chi connectivity index (χ2n) is 3.87. The molecule has 0 aliphatic carbocycles. The van der Waals surface area contributed by atoms with Crippen LogP contribution in [-0.2, 0) is 0 Å². The number of amides is 1. The summed E-state index contributed by atoms with van der Waals surface area (Å²) in [6.45, 7) is 4.79. The Morgan fingerprint density at radius 2 is 2.29 bits per heavy atom. The third kappa shape index (κ3) is 4.27. The van der Waals surface area contributed by atoms with E-state index in [4.69, 9.17) is 0 Å². The van der Waals surface area contributed by atoms with Gasteiger partial charge in [0.15, 0.2) is 0 Å². The van der Waals surface area contributed by atoms with Gasteiger partial charge in [-0.05, 0) is 13.3 Å². The van der Waals surface area contributed by atoms with Crippen molar-refractivity contribution in [2.24, 2.45) is 0 Å². The first-order valence-corrected chi connectivity index (χ1v) is 6.37. The van der Waals surface area contributed by atoms with Crippen LogP contribution < -0.4 is 5.32 Å². The molecule has 0 fully saturated rings. The van der Waals surface area contributed by atoms with E-state index in [-0.39, 0.29) is 12.5 Å². The quantitative estimate of drug-likeness (QED) is 0.789. The topological polar surface area (TPSA) is 78.4 Å². The second kappa shape index (κ2) is 6.51. The van der Waals surface area contributed by atoms with E-state index in [0.717, 1.165) is 13.0 Å². The zero-order valence-corrected chi connectivity index (χ0v) is 11.1. The molecular weight excluding hydrogens is 240 g/mol. The van der Waals surface area contributed by atoms with Gasteiger partial charge in [0, 0.05) is 20.1 Å². The molecule has 0 saturated heterocycles. The number of aliphatic hydroxyl groups is 1. The number of rotatable bonds is 6. The molecule has 0 aromatic carbocycles. The van der Waals surface area contributed by atoms with Crippen LogP contribution in [0, 0.1) is 0 Å². The van der Waals surface area contributed by atoms with Crippen LogP contribution in [0.5, 0.6) is 0 Å². The number of aromatic nitrogens is 2. The molecule has 17 heavy (non-hydrogen) atoms. The third-order valence-corrected chi connectivity index (χ3v) is 2.89. The molecule has 0 spiro atoms. The average molecular weight is 258 g/mol. The van der Waals surface area contributed by atoms with Crippen molar-refractivity contribution in [3.63, 3.8) is 0 Å². The Labute approximate surface area is 105 Å². The number of anilines is 1. The summed E-state index contributed by atoms with van der Waals surface area (Å²) >= 11 is 1.23. The van der Waals surface area contributed by atoms with E-state index >= 15 is 0 Å². The first-order valence-electron chi connectivity index (χ1n) is 5.55. The Morgan fingerprint density at radius 3 is 2.88 bits per heavy atom. The predicted octanol–water partition coefficient (Wildman–Crippen LogP) is 0.813. The van der Waals surface area contributed by atoms with Gasteiger partial charge >= 0.3 is 0 Å². The number of likely N-dealkylation sites (N-methyl/N-ethyl adjacent to an activating group) is 1. The van der Waals surface area contributed by atoms with Crippen LogP contribution in [0.15, 0.2) is 0 Å². The van der Waals surface area contributed by atoms with Gasteiger partial charge < -0.3 is 15.3 Å². The number of nitrogens with one attached hydrogen (secondary N) is 1. The van der Waals surface area contributed by atoms with Crippen molar-refractivity contribution in [2.75, 3.05) is 25.5 Å². The smallest absolute Gasteiger partial charge is 0.284 e. The minimum absolute atomic E-state index is 0.215. The molecule has 0 radical (unpaired) electrons. The molecule has 96 valence electrons. The van der Waals surface area contributed by atoms with Crippen molar-refractivity contribution < 1.29 is 9.90 Å². The van der Waals surface area contributed by atoms with Crippen molar-refractivity contribution in [1.29, 1.82) is 0 Å². The van der Waals surface area contributed by atoms with Crippen molar-refractivity contribution in [3.8, 4) is 0 Å². The highest BCUT2D eigenvalue weighted by atomic mass is 32.1. The number of carbonyl (C=O) groups excluding carboxylic acids is 1. The lowest BCUT2D eigenvalue weighted by Crippen LogP contribution is -2.32. The van der Waals surface area contributed by atoms with Gasteiger partial charge in [-0.15, -0.1) is 10.2 Å². The predicted molar refractivity (Wildman–Crippen MR) is 67.3 cm³/mol. The molecule has 1 rings (SSSR count). The highest BCUT2D eigenvalue weighted by Gasteiger charge is 2.18. The minimum atomic E-state index is -0.547. The van der Waals surface area contributed by atoms with E-state index in [1.807, 2.05) is 0 Å². The Morgan fingerprint density at radius 1 is 1.59 bits per heavy atom. The summed E-state index contributed by atoms with van der Waals surface area (Å²) < 4.78 is 0. The van der Waals surface area contributed by atoms with Crippen LogP contribution >= 0.6 is 11.3 Å². The van der Waals surface area contributed by atoms with Crippen LogP contribution in [0.25, 0.3) is 0 Å². The summed E-state index contributed by atoms with van der Waals surface area (Å²) in [5.41, 5.74) is 0. The van der Waals surface area contributed by atoms with E-state index in [1.54, 1.807) is 14.0 Å². The lowest BCUT2D eigenvalue weighted by molar-refractivity contribution is 0.0702.